The van der Waals surface area contributed by atoms with Crippen LogP contribution >= 0.6 is 0 Å². The van der Waals surface area contributed by atoms with Gasteiger partial charge in [-0.05, 0) is 30.7 Å². The quantitative estimate of drug-likeness (QED) is 0.831. The number of rotatable bonds is 5. The molecule has 0 spiro atoms. The van der Waals surface area contributed by atoms with Crippen molar-refractivity contribution in [2.45, 2.75) is 13.0 Å². The number of aliphatic hydroxyl groups excluding tert-OH is 1. The fourth-order valence-electron chi connectivity index (χ4n) is 2.20. The van der Waals surface area contributed by atoms with E-state index in [0.717, 1.165) is 11.3 Å². The van der Waals surface area contributed by atoms with Crippen LogP contribution in [0.5, 0.6) is 5.75 Å². The highest BCUT2D eigenvalue weighted by Crippen LogP contribution is 2.14. The summed E-state index contributed by atoms with van der Waals surface area (Å²) in [7, 11) is 0. The first-order chi connectivity index (χ1) is 10.2. The first-order valence-electron chi connectivity index (χ1n) is 7.14. The molecule has 0 aliphatic carbocycles. The van der Waals surface area contributed by atoms with Crippen LogP contribution in [-0.4, -0.2) is 54.9 Å². The molecule has 1 fully saturated rings. The van der Waals surface area contributed by atoms with E-state index in [0.29, 0.717) is 26.4 Å². The smallest absolute Gasteiger partial charge is 0.247 e. The zero-order valence-electron chi connectivity index (χ0n) is 12.2. The van der Waals surface area contributed by atoms with Crippen LogP contribution in [0.15, 0.2) is 30.3 Å². The zero-order chi connectivity index (χ0) is 15.1. The Hall–Kier alpha value is -1.85. The molecular formula is C16H21NO4. The van der Waals surface area contributed by atoms with Gasteiger partial charge in [0.2, 0.25) is 5.91 Å². The zero-order valence-corrected chi connectivity index (χ0v) is 12.2. The predicted molar refractivity (Wildman–Crippen MR) is 80.1 cm³/mol. The van der Waals surface area contributed by atoms with E-state index in [2.05, 4.69) is 0 Å². The number of nitrogens with zero attached hydrogens (tertiary/aromatic N) is 1. The SMILES string of the molecule is CCOc1ccc(/C=C/C(=O)N2CCOCC2CO)cc1. The van der Waals surface area contributed by atoms with Crippen LogP contribution in [0.1, 0.15) is 12.5 Å². The second-order valence-electron chi connectivity index (χ2n) is 4.78. The summed E-state index contributed by atoms with van der Waals surface area (Å²) in [6.45, 7) is 3.90. The van der Waals surface area contributed by atoms with E-state index in [9.17, 15) is 9.90 Å². The minimum atomic E-state index is -0.253. The van der Waals surface area contributed by atoms with E-state index >= 15 is 0 Å². The summed E-state index contributed by atoms with van der Waals surface area (Å²) in [6, 6.07) is 7.30. The van der Waals surface area contributed by atoms with E-state index in [-0.39, 0.29) is 18.6 Å². The van der Waals surface area contributed by atoms with Crippen molar-refractivity contribution in [2.75, 3.05) is 33.0 Å². The highest BCUT2D eigenvalue weighted by molar-refractivity contribution is 5.92. The van der Waals surface area contributed by atoms with E-state index in [1.54, 1.807) is 11.0 Å². The molecule has 0 saturated carbocycles. The molecule has 2 rings (SSSR count). The van der Waals surface area contributed by atoms with Crippen molar-refractivity contribution in [1.82, 2.24) is 4.90 Å². The third-order valence-electron chi connectivity index (χ3n) is 3.33. The van der Waals surface area contributed by atoms with E-state index < -0.39 is 0 Å². The van der Waals surface area contributed by atoms with Crippen molar-refractivity contribution >= 4 is 12.0 Å². The normalized spacial score (nSPS) is 19.0. The van der Waals surface area contributed by atoms with Gasteiger partial charge >= 0.3 is 0 Å². The van der Waals surface area contributed by atoms with Gasteiger partial charge in [-0.2, -0.15) is 0 Å². The maximum atomic E-state index is 12.2. The highest BCUT2D eigenvalue weighted by atomic mass is 16.5. The number of amides is 1. The summed E-state index contributed by atoms with van der Waals surface area (Å²) < 4.78 is 10.6. The van der Waals surface area contributed by atoms with Crippen LogP contribution in [0, 0.1) is 0 Å². The molecule has 1 aliphatic rings. The Balaban J connectivity index is 1.97. The number of carbonyl (C=O) groups is 1. The number of carbonyl (C=O) groups excluding carboxylic acids is 1. The Morgan fingerprint density at radius 1 is 1.48 bits per heavy atom. The van der Waals surface area contributed by atoms with Crippen molar-refractivity contribution < 1.29 is 19.4 Å². The molecule has 0 radical (unpaired) electrons. The molecule has 21 heavy (non-hydrogen) atoms. The van der Waals surface area contributed by atoms with Gasteiger partial charge in [-0.1, -0.05) is 12.1 Å². The molecule has 114 valence electrons. The van der Waals surface area contributed by atoms with Crippen LogP contribution in [0.3, 0.4) is 0 Å². The topological polar surface area (TPSA) is 59.0 Å². The van der Waals surface area contributed by atoms with Gasteiger partial charge in [-0.3, -0.25) is 4.79 Å². The fourth-order valence-corrected chi connectivity index (χ4v) is 2.20. The maximum Gasteiger partial charge on any atom is 0.247 e. The van der Waals surface area contributed by atoms with Crippen molar-refractivity contribution in [2.24, 2.45) is 0 Å². The lowest BCUT2D eigenvalue weighted by Gasteiger charge is -2.33. The van der Waals surface area contributed by atoms with Gasteiger partial charge in [0.1, 0.15) is 5.75 Å². The van der Waals surface area contributed by atoms with Crippen LogP contribution in [0.2, 0.25) is 0 Å². The Bertz CT molecular complexity index is 484. The lowest BCUT2D eigenvalue weighted by Crippen LogP contribution is -2.49. The minimum Gasteiger partial charge on any atom is -0.494 e. The average Bonchev–Trinajstić information content (AvgIpc) is 2.54. The predicted octanol–water partition coefficient (Wildman–Crippen LogP) is 1.32. The summed E-state index contributed by atoms with van der Waals surface area (Å²) >= 11 is 0. The number of benzene rings is 1. The monoisotopic (exact) mass is 291 g/mol. The van der Waals surface area contributed by atoms with Gasteiger partial charge in [0.05, 0.1) is 32.5 Å². The van der Waals surface area contributed by atoms with Crippen LogP contribution < -0.4 is 4.74 Å². The van der Waals surface area contributed by atoms with Crippen LogP contribution in [0.4, 0.5) is 0 Å². The van der Waals surface area contributed by atoms with E-state index in [1.165, 1.54) is 6.08 Å². The summed E-state index contributed by atoms with van der Waals surface area (Å²) in [6.07, 6.45) is 3.30. The Morgan fingerprint density at radius 3 is 2.90 bits per heavy atom. The van der Waals surface area contributed by atoms with Gasteiger partial charge in [0.15, 0.2) is 0 Å². The molecule has 5 nitrogen and oxygen atoms in total. The van der Waals surface area contributed by atoms with Gasteiger partial charge in [0.25, 0.3) is 0 Å². The van der Waals surface area contributed by atoms with Crippen LogP contribution in [0.25, 0.3) is 6.08 Å². The van der Waals surface area contributed by atoms with Crippen molar-refractivity contribution in [1.29, 1.82) is 0 Å². The maximum absolute atomic E-state index is 12.2. The average molecular weight is 291 g/mol. The van der Waals surface area contributed by atoms with Gasteiger partial charge in [-0.25, -0.2) is 0 Å². The van der Waals surface area contributed by atoms with Gasteiger partial charge in [0, 0.05) is 12.6 Å². The first-order valence-corrected chi connectivity index (χ1v) is 7.14. The largest absolute Gasteiger partial charge is 0.494 e. The third kappa shape index (κ3) is 4.31. The molecule has 1 N–H and O–H groups in total. The molecule has 1 aromatic carbocycles. The number of hydrogen-bond acceptors (Lipinski definition) is 4. The Morgan fingerprint density at radius 2 is 2.24 bits per heavy atom. The molecule has 1 aliphatic heterocycles. The molecule has 1 amide bonds. The Labute approximate surface area is 124 Å². The number of ether oxygens (including phenoxy) is 2. The van der Waals surface area contributed by atoms with Gasteiger partial charge < -0.3 is 19.5 Å². The molecule has 1 unspecified atom stereocenters. The second kappa shape index (κ2) is 7.81. The van der Waals surface area contributed by atoms with Crippen LogP contribution in [-0.2, 0) is 9.53 Å². The third-order valence-corrected chi connectivity index (χ3v) is 3.33. The van der Waals surface area contributed by atoms with Crippen molar-refractivity contribution in [3.63, 3.8) is 0 Å². The molecule has 0 bridgehead atoms. The minimum absolute atomic E-state index is 0.0807. The lowest BCUT2D eigenvalue weighted by atomic mass is 10.2. The molecule has 1 saturated heterocycles. The summed E-state index contributed by atoms with van der Waals surface area (Å²) in [5, 5.41) is 9.26. The van der Waals surface area contributed by atoms with E-state index in [4.69, 9.17) is 9.47 Å². The molecule has 5 heteroatoms. The molecule has 1 atom stereocenters. The lowest BCUT2D eigenvalue weighted by molar-refractivity contribution is -0.136. The fraction of sp³-hybridized carbons (Fsp3) is 0.438. The number of morpholine rings is 1. The highest BCUT2D eigenvalue weighted by Gasteiger charge is 2.24. The Kier molecular flexibility index (Phi) is 5.78. The number of hydrogen-bond donors (Lipinski definition) is 1. The molecule has 0 aromatic heterocycles. The first kappa shape index (κ1) is 15.5. The standard InChI is InChI=1S/C16H21NO4/c1-2-21-15-6-3-13(4-7-15)5-8-16(19)17-9-10-20-12-14(17)11-18/h3-8,14,18H,2,9-12H2,1H3/b8-5+. The van der Waals surface area contributed by atoms with Gasteiger partial charge in [-0.15, -0.1) is 0 Å². The summed E-state index contributed by atoms with van der Waals surface area (Å²) in [5.74, 6) is 0.709. The molecule has 1 aromatic rings. The molecule has 1 heterocycles. The number of aliphatic hydroxyl groups is 1. The second-order valence-corrected chi connectivity index (χ2v) is 4.78. The summed E-state index contributed by atoms with van der Waals surface area (Å²) in [5.41, 5.74) is 0.931. The molecular weight excluding hydrogens is 270 g/mol. The van der Waals surface area contributed by atoms with E-state index in [1.807, 2.05) is 31.2 Å². The van der Waals surface area contributed by atoms with Crippen molar-refractivity contribution in [3.8, 4) is 5.75 Å². The van der Waals surface area contributed by atoms with Crippen molar-refractivity contribution in [3.05, 3.63) is 35.9 Å². The summed E-state index contributed by atoms with van der Waals surface area (Å²) in [4.78, 5) is 13.8.